The van der Waals surface area contributed by atoms with Gasteiger partial charge in [0.05, 0.1) is 12.7 Å². The fourth-order valence-electron chi connectivity index (χ4n) is 4.50. The highest BCUT2D eigenvalue weighted by molar-refractivity contribution is 7.99. The molecule has 1 fully saturated rings. The number of benzene rings is 1. The number of carbonyl (C=O) groups excluding carboxylic acids is 1. The molecule has 1 saturated heterocycles. The molecule has 32 heavy (non-hydrogen) atoms. The SMILES string of the molecule is CCc1nc(N2CCN(C(=O)c3ccc(OC)cc3)CC2)c(C#N)c2c1CSC(C)(C)C2. The molecule has 2 aliphatic heterocycles. The van der Waals surface area contributed by atoms with Gasteiger partial charge in [0, 0.05) is 47.9 Å². The molecule has 0 aliphatic carbocycles. The van der Waals surface area contributed by atoms with E-state index in [-0.39, 0.29) is 10.7 Å². The van der Waals surface area contributed by atoms with Gasteiger partial charge in [-0.25, -0.2) is 4.98 Å². The Morgan fingerprint density at radius 2 is 1.88 bits per heavy atom. The first-order valence-electron chi connectivity index (χ1n) is 11.1. The number of methoxy groups -OCH3 is 1. The van der Waals surface area contributed by atoms with E-state index in [0.717, 1.165) is 41.4 Å². The van der Waals surface area contributed by atoms with Crippen LogP contribution in [0.5, 0.6) is 5.75 Å². The van der Waals surface area contributed by atoms with Crippen molar-refractivity contribution in [2.24, 2.45) is 0 Å². The highest BCUT2D eigenvalue weighted by Crippen LogP contribution is 2.42. The van der Waals surface area contributed by atoms with Gasteiger partial charge in [0.2, 0.25) is 0 Å². The van der Waals surface area contributed by atoms with Crippen molar-refractivity contribution < 1.29 is 9.53 Å². The third kappa shape index (κ3) is 4.29. The van der Waals surface area contributed by atoms with Crippen LogP contribution in [-0.4, -0.2) is 53.8 Å². The quantitative estimate of drug-likeness (QED) is 0.700. The van der Waals surface area contributed by atoms with E-state index in [1.54, 1.807) is 19.2 Å². The Morgan fingerprint density at radius 3 is 2.47 bits per heavy atom. The molecule has 1 aromatic carbocycles. The Hall–Kier alpha value is -2.72. The van der Waals surface area contributed by atoms with Gasteiger partial charge < -0.3 is 14.5 Å². The van der Waals surface area contributed by atoms with Crippen molar-refractivity contribution in [3.05, 3.63) is 52.2 Å². The van der Waals surface area contributed by atoms with Crippen molar-refractivity contribution >= 4 is 23.5 Å². The molecule has 0 N–H and O–H groups in total. The summed E-state index contributed by atoms with van der Waals surface area (Å²) in [7, 11) is 1.62. The summed E-state index contributed by atoms with van der Waals surface area (Å²) in [4.78, 5) is 22.0. The molecule has 0 unspecified atom stereocenters. The topological polar surface area (TPSA) is 69.5 Å². The Balaban J connectivity index is 1.55. The summed E-state index contributed by atoms with van der Waals surface area (Å²) in [5.41, 5.74) is 4.92. The third-order valence-electron chi connectivity index (χ3n) is 6.34. The average molecular weight is 451 g/mol. The van der Waals surface area contributed by atoms with Crippen molar-refractivity contribution in [3.8, 4) is 11.8 Å². The fraction of sp³-hybridized carbons (Fsp3) is 0.480. The van der Waals surface area contributed by atoms with E-state index in [1.165, 1.54) is 11.1 Å². The van der Waals surface area contributed by atoms with Gasteiger partial charge in [0.15, 0.2) is 0 Å². The van der Waals surface area contributed by atoms with Gasteiger partial charge in [-0.3, -0.25) is 4.79 Å². The van der Waals surface area contributed by atoms with Crippen LogP contribution in [0.15, 0.2) is 24.3 Å². The molecule has 2 aromatic rings. The largest absolute Gasteiger partial charge is 0.497 e. The Morgan fingerprint density at radius 1 is 1.19 bits per heavy atom. The highest BCUT2D eigenvalue weighted by atomic mass is 32.2. The van der Waals surface area contributed by atoms with E-state index in [4.69, 9.17) is 9.72 Å². The second kappa shape index (κ2) is 9.03. The van der Waals surface area contributed by atoms with E-state index in [0.29, 0.717) is 31.7 Å². The molecule has 3 heterocycles. The minimum atomic E-state index is 0.0271. The molecule has 0 bridgehead atoms. The number of aromatic nitrogens is 1. The molecular weight excluding hydrogens is 420 g/mol. The lowest BCUT2D eigenvalue weighted by Gasteiger charge is -2.38. The second-order valence-electron chi connectivity index (χ2n) is 8.91. The predicted octanol–water partition coefficient (Wildman–Crippen LogP) is 4.05. The number of ether oxygens (including phenoxy) is 1. The number of aryl methyl sites for hydroxylation is 1. The molecule has 7 heteroatoms. The van der Waals surface area contributed by atoms with Crippen LogP contribution in [0.2, 0.25) is 0 Å². The molecule has 0 radical (unpaired) electrons. The van der Waals surface area contributed by atoms with Crippen LogP contribution < -0.4 is 9.64 Å². The van der Waals surface area contributed by atoms with E-state index in [9.17, 15) is 10.1 Å². The molecule has 0 saturated carbocycles. The van der Waals surface area contributed by atoms with E-state index < -0.39 is 0 Å². The zero-order chi connectivity index (χ0) is 22.9. The first-order chi connectivity index (χ1) is 15.4. The second-order valence-corrected chi connectivity index (χ2v) is 10.6. The summed E-state index contributed by atoms with van der Waals surface area (Å²) in [5.74, 6) is 2.47. The maximum atomic E-state index is 12.9. The summed E-state index contributed by atoms with van der Waals surface area (Å²) in [5, 5.41) is 10.1. The standard InChI is InChI=1S/C25H30N4O2S/c1-5-22-21-16-32-25(2,3)14-19(21)20(15-26)23(27-22)28-10-12-29(13-11-28)24(30)17-6-8-18(31-4)9-7-17/h6-9H,5,10-14,16H2,1-4H3. The average Bonchev–Trinajstić information content (AvgIpc) is 2.82. The lowest BCUT2D eigenvalue weighted by molar-refractivity contribution is 0.0746. The number of carbonyl (C=O) groups is 1. The number of fused-ring (bicyclic) bond motifs is 1. The molecular formula is C25H30N4O2S. The maximum absolute atomic E-state index is 12.9. The maximum Gasteiger partial charge on any atom is 0.253 e. The lowest BCUT2D eigenvalue weighted by atomic mass is 9.91. The molecule has 168 valence electrons. The molecule has 1 amide bonds. The van der Waals surface area contributed by atoms with Crippen molar-refractivity contribution in [2.75, 3.05) is 38.2 Å². The van der Waals surface area contributed by atoms with E-state index in [1.807, 2.05) is 28.8 Å². The number of pyridine rings is 1. The number of hydrogen-bond acceptors (Lipinski definition) is 6. The molecule has 0 atom stereocenters. The van der Waals surface area contributed by atoms with Crippen molar-refractivity contribution in [3.63, 3.8) is 0 Å². The minimum Gasteiger partial charge on any atom is -0.497 e. The molecule has 0 spiro atoms. The van der Waals surface area contributed by atoms with Gasteiger partial charge in [-0.05, 0) is 48.2 Å². The zero-order valence-electron chi connectivity index (χ0n) is 19.3. The summed E-state index contributed by atoms with van der Waals surface area (Å²) >= 11 is 1.94. The van der Waals surface area contributed by atoms with Crippen LogP contribution in [-0.2, 0) is 18.6 Å². The van der Waals surface area contributed by atoms with Crippen LogP contribution >= 0.6 is 11.8 Å². The van der Waals surface area contributed by atoms with E-state index in [2.05, 4.69) is 31.7 Å². The van der Waals surface area contributed by atoms with Crippen molar-refractivity contribution in [1.82, 2.24) is 9.88 Å². The zero-order valence-corrected chi connectivity index (χ0v) is 20.1. The van der Waals surface area contributed by atoms with Crippen LogP contribution in [0.1, 0.15) is 53.5 Å². The smallest absolute Gasteiger partial charge is 0.253 e. The summed E-state index contributed by atoms with van der Waals surface area (Å²) in [6.07, 6.45) is 1.74. The number of nitriles is 1. The summed E-state index contributed by atoms with van der Waals surface area (Å²) < 4.78 is 5.30. The predicted molar refractivity (Wildman–Crippen MR) is 129 cm³/mol. The van der Waals surface area contributed by atoms with Gasteiger partial charge in [0.1, 0.15) is 17.6 Å². The third-order valence-corrected chi connectivity index (χ3v) is 7.70. The number of anilines is 1. The summed E-state index contributed by atoms with van der Waals surface area (Å²) in [6.45, 7) is 9.18. The molecule has 2 aliphatic rings. The first-order valence-corrected chi connectivity index (χ1v) is 12.1. The summed E-state index contributed by atoms with van der Waals surface area (Å²) in [6, 6.07) is 9.71. The number of amides is 1. The fourth-order valence-corrected chi connectivity index (χ4v) is 5.62. The Bertz CT molecular complexity index is 1050. The monoisotopic (exact) mass is 450 g/mol. The number of thioether (sulfide) groups is 1. The Labute approximate surface area is 194 Å². The van der Waals surface area contributed by atoms with Gasteiger partial charge >= 0.3 is 0 Å². The first kappa shape index (κ1) is 22.5. The van der Waals surface area contributed by atoms with Crippen molar-refractivity contribution in [2.45, 2.75) is 44.1 Å². The molecule has 1 aromatic heterocycles. The molecule has 4 rings (SSSR count). The molecule has 6 nitrogen and oxygen atoms in total. The lowest BCUT2D eigenvalue weighted by Crippen LogP contribution is -2.49. The van der Waals surface area contributed by atoms with Gasteiger partial charge in [-0.15, -0.1) is 0 Å². The highest BCUT2D eigenvalue weighted by Gasteiger charge is 2.33. The number of hydrogen-bond donors (Lipinski definition) is 0. The van der Waals surface area contributed by atoms with Gasteiger partial charge in [-0.2, -0.15) is 17.0 Å². The minimum absolute atomic E-state index is 0.0271. The number of piperazine rings is 1. The normalized spacial score (nSPS) is 17.5. The van der Waals surface area contributed by atoms with Crippen molar-refractivity contribution in [1.29, 1.82) is 5.26 Å². The van der Waals surface area contributed by atoms with Crippen LogP contribution in [0.3, 0.4) is 0 Å². The number of rotatable bonds is 4. The van der Waals surface area contributed by atoms with Crippen LogP contribution in [0.25, 0.3) is 0 Å². The van der Waals surface area contributed by atoms with Gasteiger partial charge in [-0.1, -0.05) is 20.8 Å². The van der Waals surface area contributed by atoms with E-state index >= 15 is 0 Å². The number of nitrogens with zero attached hydrogens (tertiary/aromatic N) is 4. The van der Waals surface area contributed by atoms with Crippen LogP contribution in [0.4, 0.5) is 5.82 Å². The van der Waals surface area contributed by atoms with Gasteiger partial charge in [0.25, 0.3) is 5.91 Å². The Kier molecular flexibility index (Phi) is 6.34. The van der Waals surface area contributed by atoms with Crippen LogP contribution in [0, 0.1) is 11.3 Å².